The molecule has 19 heteroatoms. The van der Waals surface area contributed by atoms with Gasteiger partial charge in [0.1, 0.15) is 23.5 Å². The van der Waals surface area contributed by atoms with Crippen LogP contribution in [0.1, 0.15) is 98.2 Å². The molecule has 2 atom stereocenters. The Morgan fingerprint density at radius 3 is 2.30 bits per heavy atom. The number of nitrogens with zero attached hydrogens (tertiary/aromatic N) is 6. The van der Waals surface area contributed by atoms with Crippen LogP contribution in [-0.2, 0) is 32.1 Å². The van der Waals surface area contributed by atoms with Crippen LogP contribution in [0.4, 0.5) is 13.2 Å². The van der Waals surface area contributed by atoms with Crippen LogP contribution in [-0.4, -0.2) is 163 Å². The Kier molecular flexibility index (Phi) is 19.1. The van der Waals surface area contributed by atoms with E-state index in [0.29, 0.717) is 73.5 Å². The number of fused-ring (bicyclic) bond motifs is 1. The molecule has 0 bridgehead atoms. The van der Waals surface area contributed by atoms with Gasteiger partial charge >= 0.3 is 0 Å². The molecule has 3 heterocycles. The molecule has 0 radical (unpaired) electrons. The number of amides is 5. The van der Waals surface area contributed by atoms with E-state index in [9.17, 15) is 37.5 Å². The van der Waals surface area contributed by atoms with Crippen molar-refractivity contribution in [3.8, 4) is 0 Å². The molecule has 16 nitrogen and oxygen atoms in total. The Bertz CT molecular complexity index is 2940. The van der Waals surface area contributed by atoms with E-state index in [1.165, 1.54) is 24.3 Å². The van der Waals surface area contributed by atoms with Crippen LogP contribution >= 0.6 is 0 Å². The first-order valence-electron chi connectivity index (χ1n) is 26.4. The number of carbonyl (C=O) groups is 5. The van der Waals surface area contributed by atoms with Crippen LogP contribution in [0.25, 0.3) is 10.8 Å². The quantitative estimate of drug-likeness (QED) is 0.0757. The molecule has 76 heavy (non-hydrogen) atoms. The number of halogens is 3. The van der Waals surface area contributed by atoms with Crippen LogP contribution < -0.4 is 16.2 Å². The van der Waals surface area contributed by atoms with Gasteiger partial charge in [-0.15, -0.1) is 0 Å². The standard InChI is InChI=1S/C57H68F3N9O7.3H2/c1-65(37-52(71)67-22-24-68(25-23-67)56(74)47-30-38(17-20-48(47)59)31-50-45-15-6-7-16-46(45)55(73)64-63-50)26-28-76-29-27-66(2)57(75)53(39-10-4-3-5-11-39)62-54(72)41-13-8-12-40(32-41)43-14-9-21-69(36-43)51(70)35-61-34-42-18-19-44(58)33-49(42)60;;;/h6-8,12-13,15-20,30,32-33,39,43,53,61H,3-5,9-11,14,21-29,31,34-37H2,1-2H3,(H,62,72)(H,64,73);3*1H/t43?,53-;;;/m1.../s1. The topological polar surface area (TPSA) is 181 Å². The molecule has 410 valence electrons. The van der Waals surface area contributed by atoms with Crippen LogP contribution in [0.2, 0.25) is 0 Å². The lowest BCUT2D eigenvalue weighted by Crippen LogP contribution is -2.52. The summed E-state index contributed by atoms with van der Waals surface area (Å²) in [6.07, 6.45) is 6.57. The summed E-state index contributed by atoms with van der Waals surface area (Å²) >= 11 is 0. The molecule has 1 aliphatic carbocycles. The van der Waals surface area contributed by atoms with E-state index in [1.54, 1.807) is 57.0 Å². The number of nitrogens with one attached hydrogen (secondary N) is 3. The van der Waals surface area contributed by atoms with E-state index in [2.05, 4.69) is 20.8 Å². The lowest BCUT2D eigenvalue weighted by Gasteiger charge is -2.35. The van der Waals surface area contributed by atoms with Crippen molar-refractivity contribution in [2.75, 3.05) is 92.8 Å². The van der Waals surface area contributed by atoms with E-state index < -0.39 is 29.4 Å². The summed E-state index contributed by atoms with van der Waals surface area (Å²) < 4.78 is 48.4. The molecule has 1 aromatic heterocycles. The summed E-state index contributed by atoms with van der Waals surface area (Å²) in [5.74, 6) is -3.21. The van der Waals surface area contributed by atoms with Gasteiger partial charge in [-0.1, -0.05) is 61.7 Å². The van der Waals surface area contributed by atoms with Crippen LogP contribution in [0.5, 0.6) is 0 Å². The monoisotopic (exact) mass is 1050 g/mol. The van der Waals surface area contributed by atoms with Crippen molar-refractivity contribution in [2.45, 2.75) is 69.9 Å². The fraction of sp³-hybridized carbons (Fsp3) is 0.456. The molecule has 5 aromatic rings. The van der Waals surface area contributed by atoms with Gasteiger partial charge < -0.3 is 35.0 Å². The molecule has 2 saturated heterocycles. The zero-order chi connectivity index (χ0) is 53.7. The van der Waals surface area contributed by atoms with Gasteiger partial charge in [0, 0.05) is 105 Å². The van der Waals surface area contributed by atoms with Gasteiger partial charge in [-0.25, -0.2) is 18.3 Å². The van der Waals surface area contributed by atoms with Crippen molar-refractivity contribution in [3.63, 3.8) is 0 Å². The summed E-state index contributed by atoms with van der Waals surface area (Å²) in [5, 5.41) is 14.0. The van der Waals surface area contributed by atoms with Gasteiger partial charge in [0.25, 0.3) is 17.4 Å². The number of ether oxygens (including phenoxy) is 1. The maximum absolute atomic E-state index is 15.1. The maximum atomic E-state index is 15.1. The van der Waals surface area contributed by atoms with Crippen LogP contribution in [0.15, 0.2) is 89.7 Å². The van der Waals surface area contributed by atoms with Crippen molar-refractivity contribution < 1.29 is 46.2 Å². The third-order valence-corrected chi connectivity index (χ3v) is 15.0. The van der Waals surface area contributed by atoms with Gasteiger partial charge in [-0.2, -0.15) is 5.10 Å². The lowest BCUT2D eigenvalue weighted by atomic mass is 9.83. The summed E-state index contributed by atoms with van der Waals surface area (Å²) in [5.41, 5.74) is 2.53. The minimum atomic E-state index is -0.719. The Labute approximate surface area is 445 Å². The highest BCUT2D eigenvalue weighted by Gasteiger charge is 2.34. The van der Waals surface area contributed by atoms with E-state index in [-0.39, 0.29) is 102 Å². The van der Waals surface area contributed by atoms with Crippen molar-refractivity contribution in [1.82, 2.24) is 45.3 Å². The number of benzene rings is 4. The van der Waals surface area contributed by atoms with Crippen LogP contribution in [0, 0.1) is 23.4 Å². The molecule has 3 fully saturated rings. The number of carbonyl (C=O) groups excluding carboxylic acids is 5. The normalized spacial score (nSPS) is 16.7. The Morgan fingerprint density at radius 2 is 1.53 bits per heavy atom. The van der Waals surface area contributed by atoms with E-state index in [1.807, 2.05) is 36.2 Å². The molecule has 5 amide bonds. The van der Waals surface area contributed by atoms with Gasteiger partial charge in [0.15, 0.2) is 0 Å². The number of hydrogen-bond donors (Lipinski definition) is 3. The Hall–Kier alpha value is -6.96. The van der Waals surface area contributed by atoms with Gasteiger partial charge in [-0.05, 0) is 86.2 Å². The van der Waals surface area contributed by atoms with Crippen LogP contribution in [0.3, 0.4) is 0 Å². The first kappa shape index (κ1) is 55.3. The molecule has 4 aromatic carbocycles. The highest BCUT2D eigenvalue weighted by molar-refractivity contribution is 5.98. The average Bonchev–Trinajstić information content (AvgIpc) is 3.45. The van der Waals surface area contributed by atoms with Crippen molar-refractivity contribution in [3.05, 3.63) is 146 Å². The minimum Gasteiger partial charge on any atom is -0.378 e. The number of likely N-dealkylation sites (N-methyl/N-ethyl adjacent to an activating group) is 2. The summed E-state index contributed by atoms with van der Waals surface area (Å²) in [4.78, 5) is 88.8. The number of likely N-dealkylation sites (tertiary alicyclic amines) is 1. The molecule has 3 aliphatic rings. The summed E-state index contributed by atoms with van der Waals surface area (Å²) in [6.45, 7) is 3.68. The Balaban J connectivity index is 0.00000383. The van der Waals surface area contributed by atoms with Crippen molar-refractivity contribution in [1.29, 1.82) is 0 Å². The number of rotatable bonds is 20. The minimum absolute atomic E-state index is 0. The van der Waals surface area contributed by atoms with E-state index in [0.717, 1.165) is 56.6 Å². The molecule has 0 spiro atoms. The van der Waals surface area contributed by atoms with Crippen molar-refractivity contribution >= 4 is 40.3 Å². The Morgan fingerprint density at radius 1 is 0.776 bits per heavy atom. The average molecular weight is 1050 g/mol. The second-order valence-corrected chi connectivity index (χ2v) is 20.3. The number of aromatic amines is 1. The SMILES string of the molecule is CN(CCOCCN(C)C(=O)[C@H](NC(=O)c1cccc(C2CCCN(C(=O)CNCc3ccc(F)cc3F)C2)c1)C1CCCCC1)CC(=O)N1CCN(C(=O)c2cc(Cc3n[nH]c(=O)c4ccccc34)ccc2F)CC1.[HH].[HH].[HH]. The molecule has 1 saturated carbocycles. The molecular weight excluding hydrogens is 980 g/mol. The first-order chi connectivity index (χ1) is 36.7. The third-order valence-electron chi connectivity index (χ3n) is 15.0. The highest BCUT2D eigenvalue weighted by atomic mass is 19.1. The summed E-state index contributed by atoms with van der Waals surface area (Å²) in [7, 11) is 3.53. The number of H-pyrrole nitrogens is 1. The zero-order valence-corrected chi connectivity index (χ0v) is 43.3. The second kappa shape index (κ2) is 26.2. The maximum Gasteiger partial charge on any atom is 0.272 e. The largest absolute Gasteiger partial charge is 0.378 e. The smallest absolute Gasteiger partial charge is 0.272 e. The highest BCUT2D eigenvalue weighted by Crippen LogP contribution is 2.30. The molecule has 3 N–H and O–H groups in total. The van der Waals surface area contributed by atoms with Gasteiger partial charge in [0.05, 0.1) is 42.9 Å². The number of piperazine rings is 1. The molecular formula is C57H74F3N9O7. The molecule has 1 unspecified atom stereocenters. The number of hydrogen-bond acceptors (Lipinski definition) is 10. The van der Waals surface area contributed by atoms with E-state index in [4.69, 9.17) is 4.74 Å². The number of aromatic nitrogens is 2. The van der Waals surface area contributed by atoms with E-state index >= 15 is 4.39 Å². The fourth-order valence-corrected chi connectivity index (χ4v) is 10.5. The molecule has 8 rings (SSSR count). The first-order valence-corrected chi connectivity index (χ1v) is 26.4. The lowest BCUT2D eigenvalue weighted by molar-refractivity contribution is -0.135. The fourth-order valence-electron chi connectivity index (χ4n) is 10.5. The van der Waals surface area contributed by atoms with Gasteiger partial charge in [-0.3, -0.25) is 33.7 Å². The third kappa shape index (κ3) is 14.3. The zero-order valence-electron chi connectivity index (χ0n) is 43.3. The van der Waals surface area contributed by atoms with Gasteiger partial charge in [0.2, 0.25) is 17.7 Å². The predicted molar refractivity (Wildman–Crippen MR) is 287 cm³/mol. The van der Waals surface area contributed by atoms with Crippen molar-refractivity contribution in [2.24, 2.45) is 5.92 Å². The summed E-state index contributed by atoms with van der Waals surface area (Å²) in [6, 6.07) is 21.5. The number of piperidine rings is 1. The second-order valence-electron chi connectivity index (χ2n) is 20.3. The molecule has 2 aliphatic heterocycles. The predicted octanol–water partition coefficient (Wildman–Crippen LogP) is 6.24.